The number of carbonyl (C=O) groups excluding carboxylic acids is 4. The molecular weight excluding hydrogens is 456 g/mol. The molecule has 0 saturated heterocycles. The summed E-state index contributed by atoms with van der Waals surface area (Å²) in [6.45, 7) is 0.827. The third-order valence-corrected chi connectivity index (χ3v) is 5.21. The highest BCUT2D eigenvalue weighted by atomic mass is 79.9. The van der Waals surface area contributed by atoms with Gasteiger partial charge in [0, 0.05) is 29.8 Å². The number of hydrogen-bond donors (Lipinski definition) is 4. The van der Waals surface area contributed by atoms with E-state index in [0.29, 0.717) is 25.9 Å². The molecule has 0 aromatic heterocycles. The average Bonchev–Trinajstić information content (AvgIpc) is 2.73. The lowest BCUT2D eigenvalue weighted by molar-refractivity contribution is -0.118. The number of alkyl halides is 1. The van der Waals surface area contributed by atoms with Crippen molar-refractivity contribution in [1.29, 1.82) is 0 Å². The number of halogens is 1. The van der Waals surface area contributed by atoms with E-state index >= 15 is 0 Å². The molecule has 1 aliphatic rings. The molecule has 0 bridgehead atoms. The van der Waals surface area contributed by atoms with Crippen LogP contribution < -0.4 is 10.6 Å². The van der Waals surface area contributed by atoms with Gasteiger partial charge in [0.25, 0.3) is 5.91 Å². The molecule has 0 fully saturated rings. The molecule has 2 aromatic carbocycles. The Morgan fingerprint density at radius 3 is 2.23 bits per heavy atom. The molecule has 9 heteroatoms. The van der Waals surface area contributed by atoms with Crippen LogP contribution in [0.5, 0.6) is 11.5 Å². The van der Waals surface area contributed by atoms with Crippen LogP contribution in [0.4, 0.5) is 0 Å². The molecule has 0 atom stereocenters. The highest BCUT2D eigenvalue weighted by Crippen LogP contribution is 2.37. The monoisotopic (exact) mass is 474 g/mol. The summed E-state index contributed by atoms with van der Waals surface area (Å²) in [5.74, 6) is -2.68. The predicted octanol–water partition coefficient (Wildman–Crippen LogP) is 1.89. The Balaban J connectivity index is 1.72. The summed E-state index contributed by atoms with van der Waals surface area (Å²) in [7, 11) is 0. The minimum absolute atomic E-state index is 0.0231. The third kappa shape index (κ3) is 4.20. The lowest BCUT2D eigenvalue weighted by Gasteiger charge is -2.20. The van der Waals surface area contributed by atoms with Gasteiger partial charge in [0.05, 0.1) is 16.5 Å². The van der Waals surface area contributed by atoms with E-state index in [0.717, 1.165) is 6.07 Å². The number of fused-ring (bicyclic) bond motifs is 2. The molecule has 2 aromatic rings. The number of phenols is 2. The number of carbonyl (C=O) groups is 4. The Morgan fingerprint density at radius 2 is 1.53 bits per heavy atom. The van der Waals surface area contributed by atoms with Crippen molar-refractivity contribution in [2.45, 2.75) is 12.8 Å². The summed E-state index contributed by atoms with van der Waals surface area (Å²) in [6.07, 6.45) is 1.29. The second-order valence-corrected chi connectivity index (χ2v) is 7.28. The molecule has 0 heterocycles. The van der Waals surface area contributed by atoms with Crippen LogP contribution in [0.2, 0.25) is 0 Å². The van der Waals surface area contributed by atoms with Crippen molar-refractivity contribution in [1.82, 2.24) is 10.6 Å². The first-order chi connectivity index (χ1) is 14.3. The minimum Gasteiger partial charge on any atom is -0.507 e. The molecule has 8 nitrogen and oxygen atoms in total. The van der Waals surface area contributed by atoms with Crippen LogP contribution >= 0.6 is 15.9 Å². The molecule has 0 saturated carbocycles. The molecule has 4 N–H and O–H groups in total. The van der Waals surface area contributed by atoms with E-state index in [1.807, 2.05) is 0 Å². The Morgan fingerprint density at radius 1 is 0.867 bits per heavy atom. The predicted molar refractivity (Wildman–Crippen MR) is 111 cm³/mol. The van der Waals surface area contributed by atoms with Gasteiger partial charge in [-0.3, -0.25) is 19.2 Å². The zero-order chi connectivity index (χ0) is 21.8. The van der Waals surface area contributed by atoms with Crippen molar-refractivity contribution in [3.8, 4) is 11.5 Å². The molecule has 1 aliphatic carbocycles. The largest absolute Gasteiger partial charge is 0.507 e. The number of phenolic OH excluding ortho intramolecular Hbond substituents is 2. The summed E-state index contributed by atoms with van der Waals surface area (Å²) in [5.41, 5.74) is -0.401. The van der Waals surface area contributed by atoms with Gasteiger partial charge in [-0.1, -0.05) is 28.1 Å². The summed E-state index contributed by atoms with van der Waals surface area (Å²) < 4.78 is 0. The van der Waals surface area contributed by atoms with Gasteiger partial charge >= 0.3 is 0 Å². The van der Waals surface area contributed by atoms with Crippen molar-refractivity contribution in [3.05, 3.63) is 58.1 Å². The van der Waals surface area contributed by atoms with Crippen molar-refractivity contribution < 1.29 is 29.4 Å². The maximum absolute atomic E-state index is 12.8. The molecule has 2 amide bonds. The van der Waals surface area contributed by atoms with E-state index in [4.69, 9.17) is 0 Å². The van der Waals surface area contributed by atoms with Gasteiger partial charge in [0.1, 0.15) is 11.5 Å². The molecular formula is C21H19BrN2O6. The Hall–Kier alpha value is -3.20. The van der Waals surface area contributed by atoms with Crippen molar-refractivity contribution in [2.24, 2.45) is 0 Å². The number of ketones is 2. The first-order valence-corrected chi connectivity index (χ1v) is 10.4. The molecule has 0 spiro atoms. The van der Waals surface area contributed by atoms with Crippen LogP contribution in [-0.2, 0) is 4.79 Å². The molecule has 3 rings (SSSR count). The van der Waals surface area contributed by atoms with Gasteiger partial charge in [0.2, 0.25) is 11.7 Å². The van der Waals surface area contributed by atoms with Crippen molar-refractivity contribution in [3.63, 3.8) is 0 Å². The van der Waals surface area contributed by atoms with Crippen molar-refractivity contribution in [2.75, 3.05) is 18.4 Å². The van der Waals surface area contributed by atoms with E-state index in [2.05, 4.69) is 26.6 Å². The van der Waals surface area contributed by atoms with Crippen LogP contribution in [0.15, 0.2) is 30.3 Å². The number of hydrogen-bond acceptors (Lipinski definition) is 6. The summed E-state index contributed by atoms with van der Waals surface area (Å²) in [6, 6.07) is 6.55. The number of unbranched alkanes of at least 4 members (excludes halogenated alkanes) is 1. The van der Waals surface area contributed by atoms with Gasteiger partial charge in [-0.2, -0.15) is 0 Å². The lowest BCUT2D eigenvalue weighted by Crippen LogP contribution is -2.28. The van der Waals surface area contributed by atoms with Gasteiger partial charge in [0.15, 0.2) is 5.78 Å². The average molecular weight is 475 g/mol. The highest BCUT2D eigenvalue weighted by molar-refractivity contribution is 9.09. The Kier molecular flexibility index (Phi) is 6.51. The zero-order valence-corrected chi connectivity index (χ0v) is 17.4. The van der Waals surface area contributed by atoms with Crippen molar-refractivity contribution >= 4 is 39.3 Å². The fraction of sp³-hybridized carbons (Fsp3) is 0.238. The molecule has 0 unspecified atom stereocenters. The van der Waals surface area contributed by atoms with E-state index in [9.17, 15) is 29.4 Å². The summed E-state index contributed by atoms with van der Waals surface area (Å²) in [5, 5.41) is 25.9. The molecule has 30 heavy (non-hydrogen) atoms. The molecule has 156 valence electrons. The maximum Gasteiger partial charge on any atom is 0.251 e. The quantitative estimate of drug-likeness (QED) is 0.305. The fourth-order valence-corrected chi connectivity index (χ4v) is 3.44. The zero-order valence-electron chi connectivity index (χ0n) is 15.8. The number of aromatic hydroxyl groups is 2. The van der Waals surface area contributed by atoms with Crippen LogP contribution in [0.1, 0.15) is 55.0 Å². The summed E-state index contributed by atoms with van der Waals surface area (Å²) in [4.78, 5) is 49.1. The molecule has 0 radical (unpaired) electrons. The van der Waals surface area contributed by atoms with E-state index in [1.165, 1.54) is 24.3 Å². The van der Waals surface area contributed by atoms with E-state index in [-0.39, 0.29) is 44.8 Å². The smallest absolute Gasteiger partial charge is 0.251 e. The van der Waals surface area contributed by atoms with Crippen LogP contribution in [-0.4, -0.2) is 52.0 Å². The van der Waals surface area contributed by atoms with Gasteiger partial charge < -0.3 is 20.8 Å². The van der Waals surface area contributed by atoms with E-state index < -0.39 is 23.2 Å². The normalized spacial score (nSPS) is 12.2. The highest BCUT2D eigenvalue weighted by Gasteiger charge is 2.34. The Labute approximate surface area is 180 Å². The third-order valence-electron chi connectivity index (χ3n) is 4.70. The number of benzene rings is 2. The second kappa shape index (κ2) is 9.08. The standard InChI is InChI=1S/C21H19BrN2O6/c22-10-16(27)23-6-1-2-7-24-21(30)11-8-13-18(15(26)9-11)20(29)17-12(19(13)28)4-3-5-14(17)25/h3-5,8-9,25-26H,1-2,6-7,10H2,(H,23,27)(H,24,30). The van der Waals surface area contributed by atoms with Gasteiger partial charge in [-0.25, -0.2) is 0 Å². The number of rotatable bonds is 7. The van der Waals surface area contributed by atoms with Gasteiger partial charge in [-0.15, -0.1) is 0 Å². The Bertz CT molecular complexity index is 1050. The van der Waals surface area contributed by atoms with Crippen LogP contribution in [0, 0.1) is 0 Å². The van der Waals surface area contributed by atoms with E-state index in [1.54, 1.807) is 0 Å². The maximum atomic E-state index is 12.8. The first kappa shape index (κ1) is 21.5. The lowest BCUT2D eigenvalue weighted by atomic mass is 9.82. The fourth-order valence-electron chi connectivity index (χ4n) is 3.24. The second-order valence-electron chi connectivity index (χ2n) is 6.72. The SMILES string of the molecule is O=C(CBr)NCCCCNC(=O)c1cc(O)c2c(c1)C(=O)c1cccc(O)c1C2=O. The topological polar surface area (TPSA) is 133 Å². The van der Waals surface area contributed by atoms with Crippen LogP contribution in [0.25, 0.3) is 0 Å². The number of nitrogens with one attached hydrogen (secondary N) is 2. The summed E-state index contributed by atoms with van der Waals surface area (Å²) >= 11 is 3.05. The van der Waals surface area contributed by atoms with Gasteiger partial charge in [-0.05, 0) is 31.0 Å². The molecule has 0 aliphatic heterocycles. The number of amides is 2. The van der Waals surface area contributed by atoms with Crippen LogP contribution in [0.3, 0.4) is 0 Å². The minimum atomic E-state index is -0.673. The first-order valence-electron chi connectivity index (χ1n) is 9.24.